The molecule has 1 atom stereocenters. The van der Waals surface area contributed by atoms with Crippen LogP contribution >= 0.6 is 0 Å². The Balaban J connectivity index is 1.89. The predicted octanol–water partition coefficient (Wildman–Crippen LogP) is 5.44. The topological polar surface area (TPSA) is 23.8 Å². The Labute approximate surface area is 139 Å². The molecule has 0 fully saturated rings. The fourth-order valence-corrected chi connectivity index (χ4v) is 3.75. The van der Waals surface area contributed by atoms with E-state index in [4.69, 9.17) is 5.26 Å². The number of benzene rings is 2. The van der Waals surface area contributed by atoms with Crippen molar-refractivity contribution in [2.75, 3.05) is 0 Å². The van der Waals surface area contributed by atoms with Gasteiger partial charge >= 0.3 is 6.18 Å². The number of hydrogen-bond donors (Lipinski definition) is 0. The van der Waals surface area contributed by atoms with E-state index in [0.717, 1.165) is 30.4 Å². The molecule has 0 aliphatic heterocycles. The molecule has 2 aromatic rings. The predicted molar refractivity (Wildman–Crippen MR) is 86.4 cm³/mol. The molecular weight excluding hydrogens is 311 g/mol. The van der Waals surface area contributed by atoms with Crippen LogP contribution in [0.25, 0.3) is 0 Å². The van der Waals surface area contributed by atoms with Gasteiger partial charge in [0.1, 0.15) is 0 Å². The zero-order chi connectivity index (χ0) is 17.2. The molecule has 0 N–H and O–H groups in total. The second kappa shape index (κ2) is 6.32. The lowest BCUT2D eigenvalue weighted by Crippen LogP contribution is -2.41. The van der Waals surface area contributed by atoms with Gasteiger partial charge in [0.05, 0.1) is 11.6 Å². The lowest BCUT2D eigenvalue weighted by atomic mass is 9.58. The SMILES string of the molecule is N#CCCCC1(Cc2ccccc2)Cc2cc(C(F)(F)F)ccc21. The van der Waals surface area contributed by atoms with E-state index in [9.17, 15) is 13.2 Å². The lowest BCUT2D eigenvalue weighted by Gasteiger charge is -2.45. The number of hydrogen-bond acceptors (Lipinski definition) is 1. The molecule has 1 aliphatic rings. The average molecular weight is 329 g/mol. The number of rotatable bonds is 5. The van der Waals surface area contributed by atoms with Gasteiger partial charge < -0.3 is 0 Å². The van der Waals surface area contributed by atoms with Gasteiger partial charge in [-0.3, -0.25) is 0 Å². The summed E-state index contributed by atoms with van der Waals surface area (Å²) in [6.07, 6.45) is -0.776. The van der Waals surface area contributed by atoms with E-state index in [1.807, 2.05) is 30.3 Å². The Morgan fingerprint density at radius 1 is 1.08 bits per heavy atom. The summed E-state index contributed by atoms with van der Waals surface area (Å²) in [6.45, 7) is 0. The van der Waals surface area contributed by atoms with Crippen molar-refractivity contribution in [2.45, 2.75) is 43.7 Å². The largest absolute Gasteiger partial charge is 0.416 e. The Bertz CT molecular complexity index is 759. The Morgan fingerprint density at radius 3 is 2.46 bits per heavy atom. The van der Waals surface area contributed by atoms with Crippen molar-refractivity contribution in [1.29, 1.82) is 5.26 Å². The molecule has 1 aliphatic carbocycles. The first-order valence-corrected chi connectivity index (χ1v) is 8.06. The third-order valence-corrected chi connectivity index (χ3v) is 4.86. The summed E-state index contributed by atoms with van der Waals surface area (Å²) in [7, 11) is 0. The minimum Gasteiger partial charge on any atom is -0.198 e. The van der Waals surface area contributed by atoms with E-state index < -0.39 is 11.7 Å². The van der Waals surface area contributed by atoms with Crippen LogP contribution < -0.4 is 0 Å². The van der Waals surface area contributed by atoms with Gasteiger partial charge in [0.25, 0.3) is 0 Å². The van der Waals surface area contributed by atoms with Crippen molar-refractivity contribution in [3.05, 3.63) is 70.8 Å². The van der Waals surface area contributed by atoms with Gasteiger partial charge in [0.15, 0.2) is 0 Å². The standard InChI is InChI=1S/C20H18F3N/c21-20(22,23)17-8-9-18-16(12-17)14-19(18,10-4-5-11-24)13-15-6-2-1-3-7-15/h1-3,6-9,12H,4-5,10,13-14H2. The molecule has 0 saturated heterocycles. The molecule has 0 saturated carbocycles. The molecule has 24 heavy (non-hydrogen) atoms. The molecule has 0 radical (unpaired) electrons. The molecule has 2 aromatic carbocycles. The number of nitrogens with zero attached hydrogens (tertiary/aromatic N) is 1. The van der Waals surface area contributed by atoms with Crippen molar-refractivity contribution in [3.63, 3.8) is 0 Å². The monoisotopic (exact) mass is 329 g/mol. The molecule has 0 heterocycles. The summed E-state index contributed by atoms with van der Waals surface area (Å²) in [5, 5.41) is 8.79. The van der Waals surface area contributed by atoms with Gasteiger partial charge in [-0.25, -0.2) is 0 Å². The van der Waals surface area contributed by atoms with Gasteiger partial charge in [0.2, 0.25) is 0 Å². The summed E-state index contributed by atoms with van der Waals surface area (Å²) in [6, 6.07) is 16.3. The molecule has 1 unspecified atom stereocenters. The summed E-state index contributed by atoms with van der Waals surface area (Å²) < 4.78 is 38.6. The minimum atomic E-state index is -4.30. The van der Waals surface area contributed by atoms with Crippen molar-refractivity contribution in [2.24, 2.45) is 0 Å². The molecule has 1 nitrogen and oxygen atoms in total. The van der Waals surface area contributed by atoms with Crippen LogP contribution in [0.2, 0.25) is 0 Å². The smallest absolute Gasteiger partial charge is 0.198 e. The van der Waals surface area contributed by atoms with E-state index in [-0.39, 0.29) is 5.41 Å². The Morgan fingerprint density at radius 2 is 1.83 bits per heavy atom. The molecule has 124 valence electrons. The first-order valence-electron chi connectivity index (χ1n) is 8.06. The number of nitriles is 1. The molecule has 4 heteroatoms. The molecule has 0 bridgehead atoms. The summed E-state index contributed by atoms with van der Waals surface area (Å²) >= 11 is 0. The van der Waals surface area contributed by atoms with Crippen molar-refractivity contribution in [3.8, 4) is 6.07 Å². The van der Waals surface area contributed by atoms with Gasteiger partial charge in [-0.15, -0.1) is 0 Å². The van der Waals surface area contributed by atoms with Gasteiger partial charge in [0, 0.05) is 11.8 Å². The van der Waals surface area contributed by atoms with Crippen LogP contribution in [-0.2, 0) is 24.4 Å². The third kappa shape index (κ3) is 3.17. The highest BCUT2D eigenvalue weighted by atomic mass is 19.4. The van der Waals surface area contributed by atoms with Gasteiger partial charge in [-0.2, -0.15) is 18.4 Å². The summed E-state index contributed by atoms with van der Waals surface area (Å²) in [5.74, 6) is 0. The highest BCUT2D eigenvalue weighted by Crippen LogP contribution is 2.48. The normalized spacial score (nSPS) is 19.2. The van der Waals surface area contributed by atoms with Crippen LogP contribution in [-0.4, -0.2) is 0 Å². The maximum Gasteiger partial charge on any atom is 0.416 e. The van der Waals surface area contributed by atoms with E-state index >= 15 is 0 Å². The van der Waals surface area contributed by atoms with Crippen LogP contribution in [0, 0.1) is 11.3 Å². The zero-order valence-electron chi connectivity index (χ0n) is 13.2. The fraction of sp³-hybridized carbons (Fsp3) is 0.350. The van der Waals surface area contributed by atoms with Gasteiger partial charge in [-0.05, 0) is 54.5 Å². The average Bonchev–Trinajstić information content (AvgIpc) is 2.53. The summed E-state index contributed by atoms with van der Waals surface area (Å²) in [4.78, 5) is 0. The first kappa shape index (κ1) is 16.6. The highest BCUT2D eigenvalue weighted by molar-refractivity contribution is 5.49. The van der Waals surface area contributed by atoms with E-state index in [1.165, 1.54) is 17.7 Å². The number of unbranched alkanes of at least 4 members (excludes halogenated alkanes) is 1. The molecule has 0 aromatic heterocycles. The number of alkyl halides is 3. The molecule has 0 spiro atoms. The molecular formula is C20H18F3N. The van der Waals surface area contributed by atoms with Crippen molar-refractivity contribution in [1.82, 2.24) is 0 Å². The third-order valence-electron chi connectivity index (χ3n) is 4.86. The van der Waals surface area contributed by atoms with Crippen molar-refractivity contribution < 1.29 is 13.2 Å². The quantitative estimate of drug-likeness (QED) is 0.670. The zero-order valence-corrected chi connectivity index (χ0v) is 13.2. The lowest BCUT2D eigenvalue weighted by molar-refractivity contribution is -0.137. The van der Waals surface area contributed by atoms with Crippen LogP contribution in [0.15, 0.2) is 48.5 Å². The second-order valence-electron chi connectivity index (χ2n) is 6.50. The van der Waals surface area contributed by atoms with Crippen LogP contribution in [0.3, 0.4) is 0 Å². The summed E-state index contributed by atoms with van der Waals surface area (Å²) in [5.41, 5.74) is 2.26. The number of fused-ring (bicyclic) bond motifs is 1. The van der Waals surface area contributed by atoms with Gasteiger partial charge in [-0.1, -0.05) is 36.4 Å². The van der Waals surface area contributed by atoms with Crippen molar-refractivity contribution >= 4 is 0 Å². The maximum atomic E-state index is 12.9. The van der Waals surface area contributed by atoms with Crippen LogP contribution in [0.4, 0.5) is 13.2 Å². The highest BCUT2D eigenvalue weighted by Gasteiger charge is 2.43. The minimum absolute atomic E-state index is 0.141. The molecule has 0 amide bonds. The Kier molecular flexibility index (Phi) is 4.36. The maximum absolute atomic E-state index is 12.9. The first-order chi connectivity index (χ1) is 11.4. The van der Waals surface area contributed by atoms with E-state index in [0.29, 0.717) is 12.8 Å². The molecule has 3 rings (SSSR count). The number of halogens is 3. The fourth-order valence-electron chi connectivity index (χ4n) is 3.75. The van der Waals surface area contributed by atoms with Crippen LogP contribution in [0.5, 0.6) is 0 Å². The Hall–Kier alpha value is -2.28. The van der Waals surface area contributed by atoms with Crippen LogP contribution in [0.1, 0.15) is 41.5 Å². The van der Waals surface area contributed by atoms with E-state index in [2.05, 4.69) is 6.07 Å². The second-order valence-corrected chi connectivity index (χ2v) is 6.50. The van der Waals surface area contributed by atoms with E-state index in [1.54, 1.807) is 6.07 Å².